The van der Waals surface area contributed by atoms with Crippen LogP contribution in [0.3, 0.4) is 0 Å². The summed E-state index contributed by atoms with van der Waals surface area (Å²) in [5.41, 5.74) is 2.78. The average Bonchev–Trinajstić information content (AvgIpc) is 2.89. The summed E-state index contributed by atoms with van der Waals surface area (Å²) in [6.45, 7) is 3.90. The first-order chi connectivity index (χ1) is 8.25. The third-order valence-corrected chi connectivity index (χ3v) is 3.50. The lowest BCUT2D eigenvalue weighted by Gasteiger charge is -2.18. The van der Waals surface area contributed by atoms with E-state index >= 15 is 0 Å². The molecule has 0 amide bonds. The van der Waals surface area contributed by atoms with Crippen molar-refractivity contribution in [2.24, 2.45) is 7.05 Å². The Balaban J connectivity index is 1.86. The van der Waals surface area contributed by atoms with Gasteiger partial charge in [-0.1, -0.05) is 18.2 Å². The highest BCUT2D eigenvalue weighted by Crippen LogP contribution is 2.28. The molecule has 4 nitrogen and oxygen atoms in total. The van der Waals surface area contributed by atoms with Crippen molar-refractivity contribution in [3.63, 3.8) is 0 Å². The standard InChI is InChI=1S/C13H16N4/c1-10-14-15-13(16(10)2)9-17-8-7-11-5-3-4-6-12(11)17/h3-6H,7-9H2,1-2H3. The second kappa shape index (κ2) is 3.87. The molecule has 0 saturated heterocycles. The van der Waals surface area contributed by atoms with Crippen LogP contribution in [-0.4, -0.2) is 21.3 Å². The molecule has 88 valence electrons. The summed E-state index contributed by atoms with van der Waals surface area (Å²) < 4.78 is 2.06. The molecule has 0 bridgehead atoms. The van der Waals surface area contributed by atoms with Crippen LogP contribution in [0.4, 0.5) is 5.69 Å². The van der Waals surface area contributed by atoms with E-state index < -0.39 is 0 Å². The highest BCUT2D eigenvalue weighted by Gasteiger charge is 2.20. The number of aryl methyl sites for hydroxylation is 1. The van der Waals surface area contributed by atoms with Gasteiger partial charge in [0.1, 0.15) is 5.82 Å². The van der Waals surface area contributed by atoms with Gasteiger partial charge in [-0.15, -0.1) is 10.2 Å². The molecule has 0 atom stereocenters. The van der Waals surface area contributed by atoms with E-state index in [2.05, 4.69) is 43.9 Å². The van der Waals surface area contributed by atoms with Gasteiger partial charge in [0.15, 0.2) is 5.82 Å². The van der Waals surface area contributed by atoms with E-state index in [9.17, 15) is 0 Å². The normalized spacial score (nSPS) is 14.1. The molecule has 0 radical (unpaired) electrons. The number of nitrogens with zero attached hydrogens (tertiary/aromatic N) is 4. The lowest BCUT2D eigenvalue weighted by Crippen LogP contribution is -2.22. The smallest absolute Gasteiger partial charge is 0.152 e. The van der Waals surface area contributed by atoms with Crippen molar-refractivity contribution in [2.75, 3.05) is 11.4 Å². The van der Waals surface area contributed by atoms with Gasteiger partial charge >= 0.3 is 0 Å². The van der Waals surface area contributed by atoms with E-state index in [1.165, 1.54) is 11.3 Å². The highest BCUT2D eigenvalue weighted by atomic mass is 15.3. The molecule has 1 aromatic carbocycles. The van der Waals surface area contributed by atoms with Gasteiger partial charge in [-0.2, -0.15) is 0 Å². The van der Waals surface area contributed by atoms with Gasteiger partial charge in [-0.05, 0) is 25.0 Å². The van der Waals surface area contributed by atoms with E-state index in [0.29, 0.717) is 0 Å². The van der Waals surface area contributed by atoms with Crippen molar-refractivity contribution in [1.29, 1.82) is 0 Å². The predicted octanol–water partition coefficient (Wildman–Crippen LogP) is 1.69. The van der Waals surface area contributed by atoms with E-state index in [0.717, 1.165) is 31.2 Å². The molecule has 17 heavy (non-hydrogen) atoms. The second-order valence-corrected chi connectivity index (χ2v) is 4.52. The largest absolute Gasteiger partial charge is 0.363 e. The number of benzene rings is 1. The van der Waals surface area contributed by atoms with E-state index in [1.807, 2.05) is 14.0 Å². The number of hydrogen-bond acceptors (Lipinski definition) is 3. The van der Waals surface area contributed by atoms with Gasteiger partial charge in [0, 0.05) is 19.3 Å². The minimum atomic E-state index is 0.842. The Kier molecular flexibility index (Phi) is 2.35. The van der Waals surface area contributed by atoms with Gasteiger partial charge in [0.2, 0.25) is 0 Å². The molecule has 2 heterocycles. The molecule has 0 aliphatic carbocycles. The maximum absolute atomic E-state index is 4.22. The third-order valence-electron chi connectivity index (χ3n) is 3.50. The first kappa shape index (κ1) is 10.3. The lowest BCUT2D eigenvalue weighted by atomic mass is 10.2. The predicted molar refractivity (Wildman–Crippen MR) is 66.9 cm³/mol. The van der Waals surface area contributed by atoms with Crippen LogP contribution in [0.25, 0.3) is 0 Å². The molecule has 2 aromatic rings. The first-order valence-electron chi connectivity index (χ1n) is 5.93. The molecule has 1 aliphatic heterocycles. The van der Waals surface area contributed by atoms with Gasteiger partial charge in [0.25, 0.3) is 0 Å². The van der Waals surface area contributed by atoms with Crippen LogP contribution in [0.5, 0.6) is 0 Å². The first-order valence-corrected chi connectivity index (χ1v) is 5.93. The molecular weight excluding hydrogens is 212 g/mol. The molecule has 4 heteroatoms. The monoisotopic (exact) mass is 228 g/mol. The summed E-state index contributed by atoms with van der Waals surface area (Å²) in [5.74, 6) is 1.99. The summed E-state index contributed by atoms with van der Waals surface area (Å²) in [7, 11) is 2.02. The van der Waals surface area contributed by atoms with Crippen LogP contribution in [-0.2, 0) is 20.0 Å². The maximum Gasteiger partial charge on any atom is 0.152 e. The molecule has 0 unspecified atom stereocenters. The fourth-order valence-corrected chi connectivity index (χ4v) is 2.33. The highest BCUT2D eigenvalue weighted by molar-refractivity contribution is 5.57. The minimum absolute atomic E-state index is 0.842. The summed E-state index contributed by atoms with van der Waals surface area (Å²) in [5, 5.41) is 8.32. The number of hydrogen-bond donors (Lipinski definition) is 0. The SMILES string of the molecule is Cc1nnc(CN2CCc3ccccc32)n1C. The van der Waals surface area contributed by atoms with Crippen molar-refractivity contribution < 1.29 is 0 Å². The zero-order valence-electron chi connectivity index (χ0n) is 10.2. The maximum atomic E-state index is 4.22. The molecular formula is C13H16N4. The quantitative estimate of drug-likeness (QED) is 0.784. The van der Waals surface area contributed by atoms with Gasteiger partial charge < -0.3 is 9.47 Å². The number of para-hydroxylation sites is 1. The van der Waals surface area contributed by atoms with Gasteiger partial charge in [-0.25, -0.2) is 0 Å². The summed E-state index contributed by atoms with van der Waals surface area (Å²) in [6, 6.07) is 8.59. The van der Waals surface area contributed by atoms with E-state index in [1.54, 1.807) is 0 Å². The summed E-state index contributed by atoms with van der Waals surface area (Å²) in [6.07, 6.45) is 1.13. The number of fused-ring (bicyclic) bond motifs is 1. The molecule has 1 aliphatic rings. The fraction of sp³-hybridized carbons (Fsp3) is 0.385. The average molecular weight is 228 g/mol. The van der Waals surface area contributed by atoms with Crippen LogP contribution in [0.1, 0.15) is 17.2 Å². The Morgan fingerprint density at radius 2 is 2.06 bits per heavy atom. The Bertz CT molecular complexity index is 544. The third kappa shape index (κ3) is 1.69. The fourth-order valence-electron chi connectivity index (χ4n) is 2.33. The minimum Gasteiger partial charge on any atom is -0.363 e. The Morgan fingerprint density at radius 1 is 1.24 bits per heavy atom. The van der Waals surface area contributed by atoms with E-state index in [4.69, 9.17) is 0 Å². The van der Waals surface area contributed by atoms with Crippen molar-refractivity contribution in [1.82, 2.24) is 14.8 Å². The molecule has 0 spiro atoms. The van der Waals surface area contributed by atoms with Crippen LogP contribution in [0, 0.1) is 6.92 Å². The Hall–Kier alpha value is -1.84. The van der Waals surface area contributed by atoms with Crippen LogP contribution in [0.15, 0.2) is 24.3 Å². The van der Waals surface area contributed by atoms with Crippen LogP contribution < -0.4 is 4.90 Å². The van der Waals surface area contributed by atoms with Gasteiger partial charge in [-0.3, -0.25) is 0 Å². The van der Waals surface area contributed by atoms with Crippen LogP contribution >= 0.6 is 0 Å². The zero-order chi connectivity index (χ0) is 11.8. The Morgan fingerprint density at radius 3 is 2.82 bits per heavy atom. The number of anilines is 1. The number of rotatable bonds is 2. The second-order valence-electron chi connectivity index (χ2n) is 4.52. The van der Waals surface area contributed by atoms with Crippen molar-refractivity contribution in [3.8, 4) is 0 Å². The van der Waals surface area contributed by atoms with Gasteiger partial charge in [0.05, 0.1) is 6.54 Å². The molecule has 1 aromatic heterocycles. The molecule has 0 fully saturated rings. The van der Waals surface area contributed by atoms with E-state index in [-0.39, 0.29) is 0 Å². The van der Waals surface area contributed by atoms with Crippen molar-refractivity contribution in [2.45, 2.75) is 19.9 Å². The summed E-state index contributed by atoms with van der Waals surface area (Å²) in [4.78, 5) is 2.37. The van der Waals surface area contributed by atoms with Crippen molar-refractivity contribution in [3.05, 3.63) is 41.5 Å². The van der Waals surface area contributed by atoms with Crippen molar-refractivity contribution >= 4 is 5.69 Å². The summed E-state index contributed by atoms with van der Waals surface area (Å²) >= 11 is 0. The Labute approximate surface area is 101 Å². The molecule has 3 rings (SSSR count). The topological polar surface area (TPSA) is 34.0 Å². The lowest BCUT2D eigenvalue weighted by molar-refractivity contribution is 0.724. The zero-order valence-corrected chi connectivity index (χ0v) is 10.2. The van der Waals surface area contributed by atoms with Crippen LogP contribution in [0.2, 0.25) is 0 Å². The number of aromatic nitrogens is 3. The molecule has 0 N–H and O–H groups in total. The molecule has 0 saturated carbocycles.